The fourth-order valence-corrected chi connectivity index (χ4v) is 2.84. The van der Waals surface area contributed by atoms with Crippen molar-refractivity contribution >= 4 is 15.9 Å². The molecule has 0 amide bonds. The second-order valence-electron chi connectivity index (χ2n) is 5.18. The van der Waals surface area contributed by atoms with Crippen molar-refractivity contribution in [2.24, 2.45) is 0 Å². The second kappa shape index (κ2) is 6.06. The molecule has 0 aliphatic carbocycles. The Morgan fingerprint density at radius 1 is 0.950 bits per heavy atom. The van der Waals surface area contributed by atoms with E-state index in [1.807, 2.05) is 19.2 Å². The Kier molecular flexibility index (Phi) is 4.61. The summed E-state index contributed by atoms with van der Waals surface area (Å²) in [5.41, 5.74) is 5.45. The van der Waals surface area contributed by atoms with Gasteiger partial charge in [-0.15, -0.1) is 0 Å². The molecular weight excluding hydrogens is 317 g/mol. The molecule has 0 aliphatic heterocycles. The van der Waals surface area contributed by atoms with E-state index in [1.54, 1.807) is 0 Å². The van der Waals surface area contributed by atoms with Crippen LogP contribution in [0.3, 0.4) is 0 Å². The van der Waals surface area contributed by atoms with E-state index in [1.165, 1.54) is 22.8 Å². The van der Waals surface area contributed by atoms with Crippen LogP contribution < -0.4 is 5.32 Å². The number of benzene rings is 2. The third-order valence-electron chi connectivity index (χ3n) is 3.76. The van der Waals surface area contributed by atoms with Crippen LogP contribution in [-0.4, -0.2) is 7.05 Å². The zero-order valence-electron chi connectivity index (χ0n) is 12.2. The Hall–Kier alpha value is -1.19. The van der Waals surface area contributed by atoms with Gasteiger partial charge in [0.2, 0.25) is 0 Å². The SMILES string of the molecule is CNC(c1cc(C)c(C)cc1C)c1ccc(Br)cc1F. The number of hydrogen-bond donors (Lipinski definition) is 1. The Morgan fingerprint density at radius 3 is 2.20 bits per heavy atom. The topological polar surface area (TPSA) is 12.0 Å². The molecule has 3 heteroatoms. The summed E-state index contributed by atoms with van der Waals surface area (Å²) in [6.07, 6.45) is 0. The number of rotatable bonds is 3. The van der Waals surface area contributed by atoms with E-state index < -0.39 is 0 Å². The van der Waals surface area contributed by atoms with Crippen molar-refractivity contribution in [3.05, 3.63) is 68.4 Å². The molecule has 0 aliphatic rings. The molecule has 0 fully saturated rings. The first-order valence-corrected chi connectivity index (χ1v) is 7.43. The summed E-state index contributed by atoms with van der Waals surface area (Å²) < 4.78 is 15.0. The number of nitrogens with one attached hydrogen (secondary N) is 1. The number of halogens is 2. The molecule has 20 heavy (non-hydrogen) atoms. The van der Waals surface area contributed by atoms with Crippen LogP contribution in [0.25, 0.3) is 0 Å². The molecular formula is C17H19BrFN. The smallest absolute Gasteiger partial charge is 0.129 e. The van der Waals surface area contributed by atoms with E-state index in [4.69, 9.17) is 0 Å². The fraction of sp³-hybridized carbons (Fsp3) is 0.294. The van der Waals surface area contributed by atoms with Crippen LogP contribution in [0.15, 0.2) is 34.8 Å². The lowest BCUT2D eigenvalue weighted by atomic mass is 9.91. The Balaban J connectivity index is 2.55. The zero-order chi connectivity index (χ0) is 14.9. The molecule has 1 nitrogen and oxygen atoms in total. The molecule has 0 aromatic heterocycles. The van der Waals surface area contributed by atoms with Crippen molar-refractivity contribution in [3.63, 3.8) is 0 Å². The van der Waals surface area contributed by atoms with Crippen molar-refractivity contribution in [1.29, 1.82) is 0 Å². The summed E-state index contributed by atoms with van der Waals surface area (Å²) >= 11 is 3.30. The molecule has 0 heterocycles. The van der Waals surface area contributed by atoms with Gasteiger partial charge in [-0.3, -0.25) is 0 Å². The summed E-state index contributed by atoms with van der Waals surface area (Å²) in [5, 5.41) is 3.23. The van der Waals surface area contributed by atoms with Gasteiger partial charge in [-0.1, -0.05) is 34.1 Å². The van der Waals surface area contributed by atoms with E-state index in [-0.39, 0.29) is 11.9 Å². The van der Waals surface area contributed by atoms with E-state index in [2.05, 4.69) is 54.2 Å². The molecule has 0 saturated heterocycles. The number of hydrogen-bond acceptors (Lipinski definition) is 1. The molecule has 2 aromatic carbocycles. The summed E-state index contributed by atoms with van der Waals surface area (Å²) in [5.74, 6) is -0.198. The molecule has 106 valence electrons. The molecule has 1 atom stereocenters. The number of aryl methyl sites for hydroxylation is 3. The van der Waals surface area contributed by atoms with Gasteiger partial charge in [-0.2, -0.15) is 0 Å². The van der Waals surface area contributed by atoms with Gasteiger partial charge in [0, 0.05) is 10.0 Å². The van der Waals surface area contributed by atoms with Crippen molar-refractivity contribution in [1.82, 2.24) is 5.32 Å². The molecule has 2 aromatic rings. The monoisotopic (exact) mass is 335 g/mol. The summed E-state index contributed by atoms with van der Waals surface area (Å²) in [4.78, 5) is 0. The van der Waals surface area contributed by atoms with Crippen LogP contribution in [0, 0.1) is 26.6 Å². The largest absolute Gasteiger partial charge is 0.309 e. The van der Waals surface area contributed by atoms with Gasteiger partial charge in [-0.05, 0) is 62.2 Å². The highest BCUT2D eigenvalue weighted by molar-refractivity contribution is 9.10. The second-order valence-corrected chi connectivity index (χ2v) is 6.10. The minimum absolute atomic E-state index is 0.137. The van der Waals surface area contributed by atoms with Crippen LogP contribution in [0.4, 0.5) is 4.39 Å². The molecule has 2 rings (SSSR count). The van der Waals surface area contributed by atoms with Crippen LogP contribution in [0.1, 0.15) is 33.9 Å². The molecule has 1 N–H and O–H groups in total. The standard InChI is InChI=1S/C17H19BrFN/c1-10-7-12(3)15(8-11(10)2)17(20-4)14-6-5-13(18)9-16(14)19/h5-9,17,20H,1-4H3. The highest BCUT2D eigenvalue weighted by Gasteiger charge is 2.18. The lowest BCUT2D eigenvalue weighted by molar-refractivity contribution is 0.574. The van der Waals surface area contributed by atoms with E-state index in [0.717, 1.165) is 10.0 Å². The van der Waals surface area contributed by atoms with Gasteiger partial charge >= 0.3 is 0 Å². The normalized spacial score (nSPS) is 12.5. The quantitative estimate of drug-likeness (QED) is 0.847. The maximum atomic E-state index is 14.2. The van der Waals surface area contributed by atoms with Crippen LogP contribution >= 0.6 is 15.9 Å². The Bertz CT molecular complexity index is 637. The maximum Gasteiger partial charge on any atom is 0.129 e. The van der Waals surface area contributed by atoms with Gasteiger partial charge in [0.25, 0.3) is 0 Å². The van der Waals surface area contributed by atoms with Crippen LogP contribution in [0.5, 0.6) is 0 Å². The molecule has 0 radical (unpaired) electrons. The summed E-state index contributed by atoms with van der Waals surface area (Å²) in [6, 6.07) is 9.38. The lowest BCUT2D eigenvalue weighted by Crippen LogP contribution is -2.20. The fourth-order valence-electron chi connectivity index (χ4n) is 2.51. The first-order chi connectivity index (χ1) is 9.43. The third-order valence-corrected chi connectivity index (χ3v) is 4.25. The third kappa shape index (κ3) is 2.94. The first kappa shape index (κ1) is 15.2. The lowest BCUT2D eigenvalue weighted by Gasteiger charge is -2.21. The minimum Gasteiger partial charge on any atom is -0.309 e. The Labute approximate surface area is 128 Å². The average molecular weight is 336 g/mol. The van der Waals surface area contributed by atoms with Crippen molar-refractivity contribution in [3.8, 4) is 0 Å². The van der Waals surface area contributed by atoms with Gasteiger partial charge in [0.1, 0.15) is 5.82 Å². The van der Waals surface area contributed by atoms with Gasteiger partial charge < -0.3 is 5.32 Å². The Morgan fingerprint density at radius 2 is 1.60 bits per heavy atom. The van der Waals surface area contributed by atoms with Gasteiger partial charge in [0.15, 0.2) is 0 Å². The maximum absolute atomic E-state index is 14.2. The van der Waals surface area contributed by atoms with Crippen LogP contribution in [-0.2, 0) is 0 Å². The predicted octanol–water partition coefficient (Wildman–Crippen LogP) is 4.82. The van der Waals surface area contributed by atoms with Gasteiger partial charge in [-0.25, -0.2) is 4.39 Å². The minimum atomic E-state index is -0.198. The highest BCUT2D eigenvalue weighted by atomic mass is 79.9. The van der Waals surface area contributed by atoms with Crippen molar-refractivity contribution in [2.75, 3.05) is 7.05 Å². The molecule has 1 unspecified atom stereocenters. The van der Waals surface area contributed by atoms with E-state index in [0.29, 0.717) is 5.56 Å². The molecule has 0 bridgehead atoms. The van der Waals surface area contributed by atoms with Gasteiger partial charge in [0.05, 0.1) is 6.04 Å². The highest BCUT2D eigenvalue weighted by Crippen LogP contribution is 2.29. The summed E-state index contributed by atoms with van der Waals surface area (Å²) in [7, 11) is 1.86. The first-order valence-electron chi connectivity index (χ1n) is 6.64. The molecule has 0 saturated carbocycles. The van der Waals surface area contributed by atoms with E-state index in [9.17, 15) is 4.39 Å². The van der Waals surface area contributed by atoms with E-state index >= 15 is 0 Å². The van der Waals surface area contributed by atoms with Crippen molar-refractivity contribution in [2.45, 2.75) is 26.8 Å². The predicted molar refractivity (Wildman–Crippen MR) is 85.7 cm³/mol. The summed E-state index contributed by atoms with van der Waals surface area (Å²) in [6.45, 7) is 6.26. The van der Waals surface area contributed by atoms with Crippen LogP contribution in [0.2, 0.25) is 0 Å². The zero-order valence-corrected chi connectivity index (χ0v) is 13.8. The molecule has 0 spiro atoms. The average Bonchev–Trinajstić information content (AvgIpc) is 2.38. The van der Waals surface area contributed by atoms with Crippen molar-refractivity contribution < 1.29 is 4.39 Å².